The van der Waals surface area contributed by atoms with Crippen molar-refractivity contribution in [1.82, 2.24) is 9.97 Å². The summed E-state index contributed by atoms with van der Waals surface area (Å²) in [5, 5.41) is 0. The minimum absolute atomic E-state index is 0.571. The van der Waals surface area contributed by atoms with Crippen LogP contribution in [0.15, 0.2) is 42.7 Å². The van der Waals surface area contributed by atoms with Gasteiger partial charge in [-0.25, -0.2) is 9.97 Å². The van der Waals surface area contributed by atoms with E-state index in [1.54, 1.807) is 0 Å². The number of aromatic nitrogens is 2. The molecule has 1 aromatic carbocycles. The lowest BCUT2D eigenvalue weighted by Crippen LogP contribution is -2.19. The predicted molar refractivity (Wildman–Crippen MR) is 105 cm³/mol. The molecule has 0 saturated heterocycles. The number of nitrogens with zero attached hydrogens (tertiary/aromatic N) is 2. The Morgan fingerprint density at radius 1 is 0.960 bits per heavy atom. The maximum absolute atomic E-state index is 4.62. The fourth-order valence-corrected chi connectivity index (χ4v) is 4.24. The monoisotopic (exact) mass is 336 g/mol. The van der Waals surface area contributed by atoms with Crippen molar-refractivity contribution in [2.45, 2.75) is 71.1 Å². The Labute approximate surface area is 153 Å². The predicted octanol–water partition coefficient (Wildman–Crippen LogP) is 6.63. The molecule has 2 nitrogen and oxygen atoms in total. The topological polar surface area (TPSA) is 25.8 Å². The summed E-state index contributed by atoms with van der Waals surface area (Å²) in [5.41, 5.74) is 2.39. The smallest absolute Gasteiger partial charge is 0.159 e. The zero-order valence-corrected chi connectivity index (χ0v) is 15.8. The lowest BCUT2D eigenvalue weighted by Gasteiger charge is -2.32. The van der Waals surface area contributed by atoms with Gasteiger partial charge < -0.3 is 0 Å². The van der Waals surface area contributed by atoms with Crippen molar-refractivity contribution in [1.29, 1.82) is 0 Å². The molecule has 0 radical (unpaired) electrons. The highest BCUT2D eigenvalue weighted by molar-refractivity contribution is 5.54. The maximum Gasteiger partial charge on any atom is 0.159 e. The van der Waals surface area contributed by atoms with Crippen LogP contribution in [0.5, 0.6) is 0 Å². The third kappa shape index (κ3) is 4.90. The quantitative estimate of drug-likeness (QED) is 0.530. The molecular formula is C23H32N2. The Morgan fingerprint density at radius 3 is 2.28 bits per heavy atom. The number of hydrogen-bond donors (Lipinski definition) is 0. The molecule has 1 aliphatic rings. The fraction of sp³-hybridized carbons (Fsp3) is 0.565. The van der Waals surface area contributed by atoms with Gasteiger partial charge in [0, 0.05) is 18.0 Å². The van der Waals surface area contributed by atoms with Crippen molar-refractivity contribution in [2.75, 3.05) is 0 Å². The van der Waals surface area contributed by atoms with E-state index in [2.05, 4.69) is 35.9 Å². The molecule has 3 rings (SSSR count). The van der Waals surface area contributed by atoms with Crippen molar-refractivity contribution in [3.8, 4) is 11.4 Å². The van der Waals surface area contributed by atoms with E-state index in [-0.39, 0.29) is 0 Å². The maximum atomic E-state index is 4.62. The van der Waals surface area contributed by atoms with Gasteiger partial charge in [0.05, 0.1) is 0 Å². The van der Waals surface area contributed by atoms with E-state index < -0.39 is 0 Å². The molecule has 2 aromatic rings. The first kappa shape index (κ1) is 18.1. The largest absolute Gasteiger partial charge is 0.236 e. The SMILES string of the molecule is CCCCCC1CCC(C(C)c2cnc(-c3ccccc3)nc2)CC1. The van der Waals surface area contributed by atoms with Crippen molar-refractivity contribution >= 4 is 0 Å². The first-order chi connectivity index (χ1) is 12.3. The molecule has 0 spiro atoms. The molecule has 1 saturated carbocycles. The normalized spacial score (nSPS) is 21.8. The minimum atomic E-state index is 0.571. The van der Waals surface area contributed by atoms with E-state index in [1.165, 1.54) is 56.9 Å². The molecule has 0 amide bonds. The highest BCUT2D eigenvalue weighted by atomic mass is 14.9. The molecule has 1 atom stereocenters. The summed E-state index contributed by atoms with van der Waals surface area (Å²) in [6.07, 6.45) is 15.3. The van der Waals surface area contributed by atoms with Crippen LogP contribution in [0.1, 0.15) is 76.7 Å². The number of benzene rings is 1. The standard InChI is InChI=1S/C23H32N2/c1-3-4-6-9-19-12-14-20(15-13-19)18(2)22-16-24-23(25-17-22)21-10-7-5-8-11-21/h5,7-8,10-11,16-20H,3-4,6,9,12-15H2,1-2H3. The van der Waals surface area contributed by atoms with Crippen LogP contribution in [0, 0.1) is 11.8 Å². The first-order valence-electron chi connectivity index (χ1n) is 10.1. The molecule has 25 heavy (non-hydrogen) atoms. The molecule has 1 aromatic heterocycles. The third-order valence-corrected chi connectivity index (χ3v) is 6.04. The molecule has 2 heteroatoms. The Bertz CT molecular complexity index is 612. The van der Waals surface area contributed by atoms with E-state index in [9.17, 15) is 0 Å². The van der Waals surface area contributed by atoms with E-state index in [0.29, 0.717) is 5.92 Å². The van der Waals surface area contributed by atoms with E-state index in [4.69, 9.17) is 0 Å². The van der Waals surface area contributed by atoms with Gasteiger partial charge in [0.2, 0.25) is 0 Å². The number of rotatable bonds is 7. The average molecular weight is 337 g/mol. The van der Waals surface area contributed by atoms with Gasteiger partial charge in [-0.05, 0) is 36.2 Å². The van der Waals surface area contributed by atoms with Gasteiger partial charge in [0.25, 0.3) is 0 Å². The van der Waals surface area contributed by atoms with Gasteiger partial charge in [0.1, 0.15) is 0 Å². The minimum Gasteiger partial charge on any atom is -0.236 e. The fourth-order valence-electron chi connectivity index (χ4n) is 4.24. The van der Waals surface area contributed by atoms with Gasteiger partial charge in [0.15, 0.2) is 5.82 Å². The Hall–Kier alpha value is -1.70. The Morgan fingerprint density at radius 2 is 1.64 bits per heavy atom. The molecule has 0 aliphatic heterocycles. The highest BCUT2D eigenvalue weighted by Crippen LogP contribution is 2.39. The zero-order valence-electron chi connectivity index (χ0n) is 15.8. The second-order valence-electron chi connectivity index (χ2n) is 7.77. The van der Waals surface area contributed by atoms with Gasteiger partial charge in [-0.15, -0.1) is 0 Å². The molecule has 1 unspecified atom stereocenters. The summed E-state index contributed by atoms with van der Waals surface area (Å²) >= 11 is 0. The third-order valence-electron chi connectivity index (χ3n) is 6.04. The molecule has 1 fully saturated rings. The summed E-state index contributed by atoms with van der Waals surface area (Å²) in [4.78, 5) is 9.24. The summed E-state index contributed by atoms with van der Waals surface area (Å²) in [6.45, 7) is 4.66. The van der Waals surface area contributed by atoms with Crippen molar-refractivity contribution in [2.24, 2.45) is 11.8 Å². The summed E-state index contributed by atoms with van der Waals surface area (Å²) in [7, 11) is 0. The van der Waals surface area contributed by atoms with Crippen LogP contribution in [0.25, 0.3) is 11.4 Å². The lowest BCUT2D eigenvalue weighted by atomic mass is 9.73. The van der Waals surface area contributed by atoms with Gasteiger partial charge in [-0.1, -0.05) is 82.7 Å². The van der Waals surface area contributed by atoms with E-state index in [1.807, 2.05) is 30.6 Å². The van der Waals surface area contributed by atoms with Crippen molar-refractivity contribution in [3.63, 3.8) is 0 Å². The van der Waals surface area contributed by atoms with E-state index >= 15 is 0 Å². The second kappa shape index (κ2) is 9.12. The molecule has 0 bridgehead atoms. The Balaban J connectivity index is 1.54. The van der Waals surface area contributed by atoms with Crippen LogP contribution in [0.2, 0.25) is 0 Å². The van der Waals surface area contributed by atoms with Crippen LogP contribution in [-0.2, 0) is 0 Å². The molecule has 1 heterocycles. The lowest BCUT2D eigenvalue weighted by molar-refractivity contribution is 0.236. The van der Waals surface area contributed by atoms with Crippen LogP contribution in [0.4, 0.5) is 0 Å². The molecule has 1 aliphatic carbocycles. The highest BCUT2D eigenvalue weighted by Gasteiger charge is 2.26. The van der Waals surface area contributed by atoms with Crippen molar-refractivity contribution < 1.29 is 0 Å². The first-order valence-corrected chi connectivity index (χ1v) is 10.1. The van der Waals surface area contributed by atoms with Crippen LogP contribution in [-0.4, -0.2) is 9.97 Å². The van der Waals surface area contributed by atoms with Crippen LogP contribution >= 0.6 is 0 Å². The second-order valence-corrected chi connectivity index (χ2v) is 7.77. The molecule has 0 N–H and O–H groups in total. The molecular weight excluding hydrogens is 304 g/mol. The van der Waals surface area contributed by atoms with Gasteiger partial charge in [-0.2, -0.15) is 0 Å². The number of unbranched alkanes of at least 4 members (excludes halogenated alkanes) is 2. The summed E-state index contributed by atoms with van der Waals surface area (Å²) in [5.74, 6) is 3.18. The van der Waals surface area contributed by atoms with Crippen LogP contribution < -0.4 is 0 Å². The number of hydrogen-bond acceptors (Lipinski definition) is 2. The molecule has 134 valence electrons. The zero-order chi connectivity index (χ0) is 17.5. The van der Waals surface area contributed by atoms with Gasteiger partial charge in [-0.3, -0.25) is 0 Å². The Kier molecular flexibility index (Phi) is 6.61. The van der Waals surface area contributed by atoms with Crippen molar-refractivity contribution in [3.05, 3.63) is 48.3 Å². The summed E-state index contributed by atoms with van der Waals surface area (Å²) < 4.78 is 0. The van der Waals surface area contributed by atoms with E-state index in [0.717, 1.165) is 23.2 Å². The summed E-state index contributed by atoms with van der Waals surface area (Å²) in [6, 6.07) is 10.2. The van der Waals surface area contributed by atoms with Gasteiger partial charge >= 0.3 is 0 Å². The van der Waals surface area contributed by atoms with Crippen LogP contribution in [0.3, 0.4) is 0 Å². The average Bonchev–Trinajstić information content (AvgIpc) is 2.69.